The number of aryl methyl sites for hydroxylation is 1. The van der Waals surface area contributed by atoms with E-state index in [0.29, 0.717) is 0 Å². The zero-order valence-corrected chi connectivity index (χ0v) is 18.0. The van der Waals surface area contributed by atoms with E-state index in [4.69, 9.17) is 0 Å². The molecule has 0 saturated heterocycles. The minimum atomic E-state index is 0.242. The standard InChI is InChI=1S/C15H24.C12H10/c1-11-8-12(14(2,3)4)10-13(9-11)15(5,6)7;1-3-7-11(8-4-1)12-9-5-2-6-10-12/h8-10H,1-7H3;1-10H. The molecule has 142 valence electrons. The van der Waals surface area contributed by atoms with Crippen molar-refractivity contribution in [3.8, 4) is 11.1 Å². The third-order valence-electron chi connectivity index (χ3n) is 4.69. The van der Waals surface area contributed by atoms with Crippen molar-refractivity contribution in [1.82, 2.24) is 0 Å². The summed E-state index contributed by atoms with van der Waals surface area (Å²) >= 11 is 0. The van der Waals surface area contributed by atoms with Gasteiger partial charge in [0.2, 0.25) is 0 Å². The number of rotatable bonds is 1. The van der Waals surface area contributed by atoms with E-state index in [2.05, 4.69) is 115 Å². The zero-order chi connectivity index (χ0) is 20.1. The predicted octanol–water partition coefficient (Wildman–Crippen LogP) is 7.94. The fraction of sp³-hybridized carbons (Fsp3) is 0.333. The normalized spacial score (nSPS) is 11.5. The molecule has 0 N–H and O–H groups in total. The van der Waals surface area contributed by atoms with Gasteiger partial charge in [-0.3, -0.25) is 0 Å². The third kappa shape index (κ3) is 6.40. The van der Waals surface area contributed by atoms with Crippen LogP contribution in [0.4, 0.5) is 0 Å². The Labute approximate surface area is 166 Å². The summed E-state index contributed by atoms with van der Waals surface area (Å²) in [5.74, 6) is 0. The van der Waals surface area contributed by atoms with Crippen LogP contribution in [0.1, 0.15) is 58.2 Å². The van der Waals surface area contributed by atoms with Crippen LogP contribution in [0.5, 0.6) is 0 Å². The van der Waals surface area contributed by atoms with Crippen LogP contribution in [0.15, 0.2) is 78.9 Å². The Hall–Kier alpha value is -2.34. The maximum atomic E-state index is 2.35. The van der Waals surface area contributed by atoms with E-state index in [0.717, 1.165) is 0 Å². The van der Waals surface area contributed by atoms with Crippen molar-refractivity contribution in [1.29, 1.82) is 0 Å². The van der Waals surface area contributed by atoms with Gasteiger partial charge in [0, 0.05) is 0 Å². The molecule has 3 aromatic carbocycles. The minimum Gasteiger partial charge on any atom is -0.0622 e. The Morgan fingerprint density at radius 3 is 1.11 bits per heavy atom. The molecule has 0 aromatic heterocycles. The average molecular weight is 359 g/mol. The van der Waals surface area contributed by atoms with Gasteiger partial charge >= 0.3 is 0 Å². The summed E-state index contributed by atoms with van der Waals surface area (Å²) in [6.45, 7) is 15.8. The van der Waals surface area contributed by atoms with Crippen molar-refractivity contribution in [3.63, 3.8) is 0 Å². The van der Waals surface area contributed by atoms with Crippen molar-refractivity contribution in [2.45, 2.75) is 59.3 Å². The maximum absolute atomic E-state index is 2.35. The highest BCUT2D eigenvalue weighted by Gasteiger charge is 2.19. The van der Waals surface area contributed by atoms with Gasteiger partial charge in [-0.2, -0.15) is 0 Å². The van der Waals surface area contributed by atoms with Crippen LogP contribution >= 0.6 is 0 Å². The zero-order valence-electron chi connectivity index (χ0n) is 18.0. The third-order valence-corrected chi connectivity index (χ3v) is 4.69. The van der Waals surface area contributed by atoms with E-state index < -0.39 is 0 Å². The summed E-state index contributed by atoms with van der Waals surface area (Å²) < 4.78 is 0. The highest BCUT2D eigenvalue weighted by Crippen LogP contribution is 2.29. The molecule has 0 heterocycles. The van der Waals surface area contributed by atoms with Crippen LogP contribution in [0.25, 0.3) is 11.1 Å². The topological polar surface area (TPSA) is 0 Å². The van der Waals surface area contributed by atoms with Crippen LogP contribution in [0.2, 0.25) is 0 Å². The van der Waals surface area contributed by atoms with E-state index in [1.165, 1.54) is 27.8 Å². The Kier molecular flexibility index (Phi) is 6.65. The molecule has 0 bridgehead atoms. The number of hydrogen-bond acceptors (Lipinski definition) is 0. The molecule has 0 aliphatic rings. The fourth-order valence-electron chi connectivity index (χ4n) is 2.91. The molecule has 0 radical (unpaired) electrons. The smallest absolute Gasteiger partial charge is 0.0132 e. The molecule has 0 unspecified atom stereocenters. The van der Waals surface area contributed by atoms with Crippen LogP contribution in [-0.2, 0) is 10.8 Å². The van der Waals surface area contributed by atoms with Gasteiger partial charge in [-0.1, -0.05) is 126 Å². The van der Waals surface area contributed by atoms with Gasteiger partial charge in [0.25, 0.3) is 0 Å². The molecule has 0 aliphatic carbocycles. The second kappa shape index (κ2) is 8.57. The molecule has 0 fully saturated rings. The first-order valence-electron chi connectivity index (χ1n) is 9.80. The molecular weight excluding hydrogens is 324 g/mol. The first kappa shape index (κ1) is 21.0. The lowest BCUT2D eigenvalue weighted by Crippen LogP contribution is -2.16. The molecule has 0 saturated carbocycles. The van der Waals surface area contributed by atoms with Crippen molar-refractivity contribution in [3.05, 3.63) is 95.6 Å². The van der Waals surface area contributed by atoms with Crippen molar-refractivity contribution in [2.24, 2.45) is 0 Å². The molecule has 0 heteroatoms. The van der Waals surface area contributed by atoms with Crippen LogP contribution in [-0.4, -0.2) is 0 Å². The summed E-state index contributed by atoms with van der Waals surface area (Å²) in [7, 11) is 0. The highest BCUT2D eigenvalue weighted by atomic mass is 14.2. The Balaban J connectivity index is 0.000000198. The molecule has 0 atom stereocenters. The average Bonchev–Trinajstić information content (AvgIpc) is 2.62. The van der Waals surface area contributed by atoms with Crippen LogP contribution < -0.4 is 0 Å². The lowest BCUT2D eigenvalue weighted by molar-refractivity contribution is 0.567. The molecule has 0 amide bonds. The maximum Gasteiger partial charge on any atom is -0.0132 e. The van der Waals surface area contributed by atoms with Gasteiger partial charge in [-0.25, -0.2) is 0 Å². The molecule has 0 spiro atoms. The monoisotopic (exact) mass is 358 g/mol. The largest absolute Gasteiger partial charge is 0.0622 e. The second-order valence-corrected chi connectivity index (χ2v) is 9.32. The van der Waals surface area contributed by atoms with Gasteiger partial charge < -0.3 is 0 Å². The summed E-state index contributed by atoms with van der Waals surface area (Å²) in [4.78, 5) is 0. The van der Waals surface area contributed by atoms with Gasteiger partial charge in [0.05, 0.1) is 0 Å². The Morgan fingerprint density at radius 2 is 0.815 bits per heavy atom. The molecule has 27 heavy (non-hydrogen) atoms. The molecule has 3 aromatic rings. The van der Waals surface area contributed by atoms with Gasteiger partial charge in [0.1, 0.15) is 0 Å². The Bertz CT molecular complexity index is 759. The second-order valence-electron chi connectivity index (χ2n) is 9.32. The summed E-state index contributed by atoms with van der Waals surface area (Å²) in [6, 6.07) is 27.7. The lowest BCUT2D eigenvalue weighted by Gasteiger charge is -2.25. The summed E-state index contributed by atoms with van der Waals surface area (Å²) in [5, 5.41) is 0. The van der Waals surface area contributed by atoms with E-state index in [1.54, 1.807) is 0 Å². The molecular formula is C27H34. The predicted molar refractivity (Wildman–Crippen MR) is 120 cm³/mol. The molecule has 0 nitrogen and oxygen atoms in total. The van der Waals surface area contributed by atoms with E-state index >= 15 is 0 Å². The fourth-order valence-corrected chi connectivity index (χ4v) is 2.91. The summed E-state index contributed by atoms with van der Waals surface area (Å²) in [6.07, 6.45) is 0. The first-order chi connectivity index (χ1) is 12.6. The van der Waals surface area contributed by atoms with Crippen molar-refractivity contribution < 1.29 is 0 Å². The van der Waals surface area contributed by atoms with Crippen molar-refractivity contribution >= 4 is 0 Å². The summed E-state index contributed by atoms with van der Waals surface area (Å²) in [5.41, 5.74) is 7.28. The van der Waals surface area contributed by atoms with Crippen molar-refractivity contribution in [2.75, 3.05) is 0 Å². The van der Waals surface area contributed by atoms with Crippen LogP contribution in [0, 0.1) is 6.92 Å². The first-order valence-corrected chi connectivity index (χ1v) is 9.80. The highest BCUT2D eigenvalue weighted by molar-refractivity contribution is 5.62. The van der Waals surface area contributed by atoms with Gasteiger partial charge in [-0.15, -0.1) is 0 Å². The minimum absolute atomic E-state index is 0.242. The molecule has 0 aliphatic heterocycles. The Morgan fingerprint density at radius 1 is 0.481 bits per heavy atom. The quantitative estimate of drug-likeness (QED) is 0.414. The lowest BCUT2D eigenvalue weighted by atomic mass is 9.80. The van der Waals surface area contributed by atoms with Gasteiger partial charge in [0.15, 0.2) is 0 Å². The van der Waals surface area contributed by atoms with E-state index in [9.17, 15) is 0 Å². The van der Waals surface area contributed by atoms with E-state index in [-0.39, 0.29) is 10.8 Å². The van der Waals surface area contributed by atoms with E-state index in [1.807, 2.05) is 12.1 Å². The SMILES string of the molecule is Cc1cc(C(C)(C)C)cc(C(C)(C)C)c1.c1ccc(-c2ccccc2)cc1. The number of hydrogen-bond donors (Lipinski definition) is 0. The van der Waals surface area contributed by atoms with Gasteiger partial charge in [-0.05, 0) is 40.0 Å². The number of benzene rings is 3. The molecule has 3 rings (SSSR count). The van der Waals surface area contributed by atoms with Crippen LogP contribution in [0.3, 0.4) is 0 Å².